The van der Waals surface area contributed by atoms with Gasteiger partial charge in [-0.05, 0) is 57.0 Å². The van der Waals surface area contributed by atoms with Crippen LogP contribution >= 0.6 is 0 Å². The van der Waals surface area contributed by atoms with Crippen molar-refractivity contribution in [1.82, 2.24) is 24.8 Å². The molecule has 10 heteroatoms. The fourth-order valence-corrected chi connectivity index (χ4v) is 4.67. The maximum atomic E-state index is 13.0. The lowest BCUT2D eigenvalue weighted by Gasteiger charge is -2.34. The van der Waals surface area contributed by atoms with E-state index in [-0.39, 0.29) is 24.6 Å². The molecule has 10 nitrogen and oxygen atoms in total. The number of benzene rings is 1. The third-order valence-corrected chi connectivity index (χ3v) is 6.72. The average Bonchev–Trinajstić information content (AvgIpc) is 3.31. The van der Waals surface area contributed by atoms with Gasteiger partial charge >= 0.3 is 6.03 Å². The van der Waals surface area contributed by atoms with Crippen LogP contribution in [0.2, 0.25) is 0 Å². The molecule has 0 bridgehead atoms. The first-order valence-corrected chi connectivity index (χ1v) is 12.1. The topological polar surface area (TPSA) is 105 Å². The molecule has 2 aliphatic rings. The predicted molar refractivity (Wildman–Crippen MR) is 134 cm³/mol. The van der Waals surface area contributed by atoms with Crippen molar-refractivity contribution in [3.05, 3.63) is 42.9 Å². The summed E-state index contributed by atoms with van der Waals surface area (Å²) >= 11 is 0. The first-order chi connectivity index (χ1) is 17.0. The number of hydrogen-bond donors (Lipinski definition) is 2. The van der Waals surface area contributed by atoms with E-state index < -0.39 is 0 Å². The zero-order valence-electron chi connectivity index (χ0n) is 20.1. The minimum Gasteiger partial charge on any atom is -0.370 e. The number of ether oxygens (including phenoxy) is 1. The lowest BCUT2D eigenvalue weighted by atomic mass is 10.0. The Morgan fingerprint density at radius 1 is 1.09 bits per heavy atom. The van der Waals surface area contributed by atoms with Gasteiger partial charge in [-0.2, -0.15) is 0 Å². The fourth-order valence-electron chi connectivity index (χ4n) is 4.67. The van der Waals surface area contributed by atoms with Gasteiger partial charge in [0.2, 0.25) is 0 Å². The van der Waals surface area contributed by atoms with Crippen LogP contribution in [0, 0.1) is 0 Å². The second-order valence-corrected chi connectivity index (χ2v) is 9.27. The molecule has 0 radical (unpaired) electrons. The lowest BCUT2D eigenvalue weighted by Crippen LogP contribution is -2.47. The zero-order chi connectivity index (χ0) is 24.4. The molecule has 0 spiro atoms. The first-order valence-electron chi connectivity index (χ1n) is 12.1. The number of anilines is 3. The number of rotatable bonds is 5. The van der Waals surface area contributed by atoms with Gasteiger partial charge < -0.3 is 25.2 Å². The third kappa shape index (κ3) is 4.98. The van der Waals surface area contributed by atoms with Crippen molar-refractivity contribution in [2.75, 3.05) is 43.1 Å². The summed E-state index contributed by atoms with van der Waals surface area (Å²) in [7, 11) is 0. The van der Waals surface area contributed by atoms with Gasteiger partial charge in [-0.3, -0.25) is 9.36 Å². The number of likely N-dealkylation sites (tertiary alicyclic amines) is 1. The van der Waals surface area contributed by atoms with E-state index in [4.69, 9.17) is 4.74 Å². The number of morpholine rings is 1. The van der Waals surface area contributed by atoms with Crippen LogP contribution in [-0.2, 0) is 9.53 Å². The maximum Gasteiger partial charge on any atom is 0.327 e. The number of aromatic nitrogens is 3. The molecular weight excluding hydrogens is 446 g/mol. The molecule has 184 valence electrons. The number of nitrogens with zero attached hydrogens (tertiary/aromatic N) is 5. The average molecular weight is 478 g/mol. The smallest absolute Gasteiger partial charge is 0.327 e. The van der Waals surface area contributed by atoms with Gasteiger partial charge in [-0.25, -0.2) is 14.8 Å². The summed E-state index contributed by atoms with van der Waals surface area (Å²) in [4.78, 5) is 38.0. The molecule has 2 saturated heterocycles. The van der Waals surface area contributed by atoms with E-state index in [0.717, 1.165) is 42.7 Å². The molecule has 2 N–H and O–H groups in total. The van der Waals surface area contributed by atoms with Crippen LogP contribution in [0.1, 0.15) is 26.7 Å². The number of carbonyl (C=O) groups excluding carboxylic acids is 2. The van der Waals surface area contributed by atoms with Crippen molar-refractivity contribution in [3.8, 4) is 0 Å². The van der Waals surface area contributed by atoms with Crippen LogP contribution in [0.3, 0.4) is 0 Å². The number of piperidine rings is 1. The number of fused-ring (bicyclic) bond motifs is 1. The van der Waals surface area contributed by atoms with Crippen molar-refractivity contribution in [1.29, 1.82) is 0 Å². The van der Waals surface area contributed by atoms with Crippen molar-refractivity contribution in [3.63, 3.8) is 0 Å². The molecule has 2 aliphatic heterocycles. The van der Waals surface area contributed by atoms with E-state index >= 15 is 0 Å². The van der Waals surface area contributed by atoms with E-state index in [1.807, 2.05) is 30.3 Å². The molecule has 4 heterocycles. The van der Waals surface area contributed by atoms with Gasteiger partial charge in [0.25, 0.3) is 5.91 Å². The Morgan fingerprint density at radius 2 is 1.86 bits per heavy atom. The van der Waals surface area contributed by atoms with Crippen LogP contribution in [0.25, 0.3) is 11.0 Å². The van der Waals surface area contributed by atoms with Gasteiger partial charge in [-0.15, -0.1) is 0 Å². The van der Waals surface area contributed by atoms with E-state index in [9.17, 15) is 9.59 Å². The standard InChI is InChI=1S/C25H31N7O3/c1-17(2)30-10-7-19(8-11-30)29-25(34)32-12-9-21-23(26-16-27-24(21)32)28-18-3-5-20(6-4-18)31-13-14-35-15-22(31)33/h3-6,9,12,16-17,19H,7-8,10-11,13-15H2,1-2H3,(H,29,34)(H,26,27,28). The fraction of sp³-hybridized carbons (Fsp3) is 0.440. The highest BCUT2D eigenvalue weighted by atomic mass is 16.5. The van der Waals surface area contributed by atoms with Crippen molar-refractivity contribution in [2.45, 2.75) is 38.8 Å². The molecule has 0 aliphatic carbocycles. The van der Waals surface area contributed by atoms with E-state index in [1.165, 1.54) is 6.33 Å². The Morgan fingerprint density at radius 3 is 2.57 bits per heavy atom. The third-order valence-electron chi connectivity index (χ3n) is 6.72. The second-order valence-electron chi connectivity index (χ2n) is 9.27. The highest BCUT2D eigenvalue weighted by Crippen LogP contribution is 2.26. The molecule has 2 amide bonds. The molecule has 0 atom stereocenters. The minimum atomic E-state index is -0.174. The summed E-state index contributed by atoms with van der Waals surface area (Å²) in [6, 6.07) is 9.96. The molecule has 5 rings (SSSR count). The van der Waals surface area contributed by atoms with Crippen LogP contribution in [0.15, 0.2) is 42.9 Å². The Balaban J connectivity index is 1.27. The molecule has 0 saturated carbocycles. The first kappa shape index (κ1) is 23.3. The quantitative estimate of drug-likeness (QED) is 0.582. The SMILES string of the molecule is CC(C)N1CCC(NC(=O)n2ccc3c(Nc4ccc(N5CCOCC5=O)cc4)ncnc32)CC1. The summed E-state index contributed by atoms with van der Waals surface area (Å²) in [5.41, 5.74) is 2.21. The van der Waals surface area contributed by atoms with Crippen LogP contribution in [-0.4, -0.2) is 76.3 Å². The normalized spacial score (nSPS) is 17.8. The Kier molecular flexibility index (Phi) is 6.65. The molecule has 2 fully saturated rings. The van der Waals surface area contributed by atoms with E-state index in [0.29, 0.717) is 30.7 Å². The molecule has 1 aromatic carbocycles. The molecule has 3 aromatic rings. The summed E-state index contributed by atoms with van der Waals surface area (Å²) in [5, 5.41) is 7.22. The van der Waals surface area contributed by atoms with Crippen molar-refractivity contribution >= 4 is 40.2 Å². The van der Waals surface area contributed by atoms with Crippen LogP contribution < -0.4 is 15.5 Å². The Hall–Kier alpha value is -3.50. The van der Waals surface area contributed by atoms with E-state index in [1.54, 1.807) is 15.7 Å². The maximum absolute atomic E-state index is 13.0. The Labute approximate surface area is 204 Å². The van der Waals surface area contributed by atoms with Gasteiger partial charge in [0.1, 0.15) is 18.8 Å². The van der Waals surface area contributed by atoms with Gasteiger partial charge in [0.15, 0.2) is 5.65 Å². The monoisotopic (exact) mass is 477 g/mol. The molecule has 0 unspecified atom stereocenters. The van der Waals surface area contributed by atoms with Crippen LogP contribution in [0.5, 0.6) is 0 Å². The lowest BCUT2D eigenvalue weighted by molar-refractivity contribution is -0.125. The minimum absolute atomic E-state index is 0.0421. The summed E-state index contributed by atoms with van der Waals surface area (Å²) in [6.07, 6.45) is 5.07. The van der Waals surface area contributed by atoms with Crippen LogP contribution in [0.4, 0.5) is 22.0 Å². The van der Waals surface area contributed by atoms with Gasteiger partial charge in [0.05, 0.1) is 12.0 Å². The second kappa shape index (κ2) is 10.0. The largest absolute Gasteiger partial charge is 0.370 e. The molecule has 35 heavy (non-hydrogen) atoms. The molecular formula is C25H31N7O3. The van der Waals surface area contributed by atoms with Gasteiger partial charge in [-0.1, -0.05) is 0 Å². The highest BCUT2D eigenvalue weighted by Gasteiger charge is 2.24. The number of amides is 2. The summed E-state index contributed by atoms with van der Waals surface area (Å²) in [6.45, 7) is 7.58. The van der Waals surface area contributed by atoms with Crippen molar-refractivity contribution < 1.29 is 14.3 Å². The Bertz CT molecular complexity index is 1200. The summed E-state index contributed by atoms with van der Waals surface area (Å²) in [5.74, 6) is 0.571. The van der Waals surface area contributed by atoms with E-state index in [2.05, 4.69) is 39.3 Å². The highest BCUT2D eigenvalue weighted by molar-refractivity contribution is 5.96. The predicted octanol–water partition coefficient (Wildman–Crippen LogP) is 2.97. The van der Waals surface area contributed by atoms with Gasteiger partial charge in [0, 0.05) is 49.3 Å². The number of carbonyl (C=O) groups is 2. The number of hydrogen-bond acceptors (Lipinski definition) is 7. The van der Waals surface area contributed by atoms with Crippen molar-refractivity contribution in [2.24, 2.45) is 0 Å². The molecule has 2 aromatic heterocycles. The number of nitrogens with one attached hydrogen (secondary N) is 2. The summed E-state index contributed by atoms with van der Waals surface area (Å²) < 4.78 is 6.75. The zero-order valence-corrected chi connectivity index (χ0v) is 20.1.